The summed E-state index contributed by atoms with van der Waals surface area (Å²) in [4.78, 5) is 14.0. The van der Waals surface area contributed by atoms with E-state index in [0.717, 1.165) is 25.9 Å². The first-order chi connectivity index (χ1) is 8.55. The van der Waals surface area contributed by atoms with Gasteiger partial charge in [0.05, 0.1) is 18.1 Å². The number of carbonyl (C=O) groups excluding carboxylic acids is 1. The Morgan fingerprint density at radius 1 is 1.17 bits per heavy atom. The number of nitrogens with one attached hydrogen (secondary N) is 1. The number of hydrogen-bond donors (Lipinski definition) is 1. The summed E-state index contributed by atoms with van der Waals surface area (Å²) in [5.41, 5.74) is 0. The van der Waals surface area contributed by atoms with Crippen molar-refractivity contribution < 1.29 is 13.2 Å². The molecule has 0 aromatic heterocycles. The molecule has 1 atom stereocenters. The molecule has 104 valence electrons. The summed E-state index contributed by atoms with van der Waals surface area (Å²) >= 11 is 0. The average Bonchev–Trinajstić information content (AvgIpc) is 2.52. The number of carbonyl (C=O) groups is 1. The minimum atomic E-state index is -2.91. The molecule has 2 fully saturated rings. The van der Waals surface area contributed by atoms with Gasteiger partial charge in [0.25, 0.3) is 0 Å². The minimum absolute atomic E-state index is 0.0287. The second kappa shape index (κ2) is 6.02. The van der Waals surface area contributed by atoms with Crippen molar-refractivity contribution in [3.05, 3.63) is 0 Å². The van der Waals surface area contributed by atoms with Gasteiger partial charge < -0.3 is 5.32 Å². The second-order valence-electron chi connectivity index (χ2n) is 5.36. The Hall–Kier alpha value is -0.620. The highest BCUT2D eigenvalue weighted by Crippen LogP contribution is 2.12. The average molecular weight is 274 g/mol. The Labute approximate surface area is 109 Å². The van der Waals surface area contributed by atoms with E-state index in [1.54, 1.807) is 0 Å². The summed E-state index contributed by atoms with van der Waals surface area (Å²) in [5.74, 6) is 0.291. The molecular weight excluding hydrogens is 252 g/mol. The Morgan fingerprint density at radius 2 is 1.83 bits per heavy atom. The van der Waals surface area contributed by atoms with Crippen molar-refractivity contribution in [3.63, 3.8) is 0 Å². The number of likely N-dealkylation sites (tertiary alicyclic amines) is 1. The molecule has 2 rings (SSSR count). The van der Waals surface area contributed by atoms with Crippen LogP contribution in [0.5, 0.6) is 0 Å². The highest BCUT2D eigenvalue weighted by atomic mass is 32.2. The van der Waals surface area contributed by atoms with Crippen LogP contribution in [-0.2, 0) is 14.6 Å². The molecule has 0 aromatic rings. The molecule has 0 saturated carbocycles. The molecule has 18 heavy (non-hydrogen) atoms. The zero-order valence-corrected chi connectivity index (χ0v) is 11.5. The molecule has 1 unspecified atom stereocenters. The fraction of sp³-hybridized carbons (Fsp3) is 0.917. The third-order valence-electron chi connectivity index (χ3n) is 3.66. The lowest BCUT2D eigenvalue weighted by molar-refractivity contribution is -0.122. The molecule has 0 spiro atoms. The van der Waals surface area contributed by atoms with Gasteiger partial charge >= 0.3 is 0 Å². The van der Waals surface area contributed by atoms with Crippen LogP contribution in [0.1, 0.15) is 32.1 Å². The van der Waals surface area contributed by atoms with Crippen LogP contribution in [-0.4, -0.2) is 56.4 Å². The second-order valence-corrected chi connectivity index (χ2v) is 7.59. The summed E-state index contributed by atoms with van der Waals surface area (Å²) in [6.45, 7) is 2.38. The SMILES string of the molecule is O=C(CN1CCCCCC1)NC1CCS(=O)(=O)C1. The number of rotatable bonds is 3. The highest BCUT2D eigenvalue weighted by Gasteiger charge is 2.29. The van der Waals surface area contributed by atoms with E-state index in [1.165, 1.54) is 12.8 Å². The molecule has 5 nitrogen and oxygen atoms in total. The zero-order chi connectivity index (χ0) is 13.0. The smallest absolute Gasteiger partial charge is 0.234 e. The van der Waals surface area contributed by atoms with Crippen molar-refractivity contribution in [3.8, 4) is 0 Å². The lowest BCUT2D eigenvalue weighted by Crippen LogP contribution is -2.42. The van der Waals surface area contributed by atoms with E-state index in [4.69, 9.17) is 0 Å². The molecule has 2 aliphatic rings. The van der Waals surface area contributed by atoms with E-state index in [-0.39, 0.29) is 23.5 Å². The summed E-state index contributed by atoms with van der Waals surface area (Å²) < 4.78 is 22.6. The number of amides is 1. The van der Waals surface area contributed by atoms with Gasteiger partial charge in [-0.05, 0) is 32.4 Å². The quantitative estimate of drug-likeness (QED) is 0.796. The van der Waals surface area contributed by atoms with Gasteiger partial charge in [-0.15, -0.1) is 0 Å². The van der Waals surface area contributed by atoms with Crippen LogP contribution in [0.25, 0.3) is 0 Å². The molecule has 6 heteroatoms. The summed E-state index contributed by atoms with van der Waals surface area (Å²) in [6, 6.07) is -0.172. The summed E-state index contributed by atoms with van der Waals surface area (Å²) in [6.07, 6.45) is 5.38. The lowest BCUT2D eigenvalue weighted by atomic mass is 10.2. The van der Waals surface area contributed by atoms with Crippen LogP contribution in [0.15, 0.2) is 0 Å². The Kier molecular flexibility index (Phi) is 4.61. The monoisotopic (exact) mass is 274 g/mol. The standard InChI is InChI=1S/C12H22N2O3S/c15-12(9-14-6-3-1-2-4-7-14)13-11-5-8-18(16,17)10-11/h11H,1-10H2,(H,13,15). The lowest BCUT2D eigenvalue weighted by Gasteiger charge is -2.20. The maximum absolute atomic E-state index is 11.8. The third-order valence-corrected chi connectivity index (χ3v) is 5.43. The van der Waals surface area contributed by atoms with Gasteiger partial charge in [0.1, 0.15) is 0 Å². The normalized spacial score (nSPS) is 28.8. The Morgan fingerprint density at radius 3 is 2.39 bits per heavy atom. The van der Waals surface area contributed by atoms with E-state index in [9.17, 15) is 13.2 Å². The van der Waals surface area contributed by atoms with Gasteiger partial charge in [-0.25, -0.2) is 8.42 Å². The van der Waals surface area contributed by atoms with Crippen LogP contribution in [0.2, 0.25) is 0 Å². The Balaban J connectivity index is 1.75. The van der Waals surface area contributed by atoms with Gasteiger partial charge in [-0.1, -0.05) is 12.8 Å². The molecule has 2 heterocycles. The fourth-order valence-corrected chi connectivity index (χ4v) is 4.35. The minimum Gasteiger partial charge on any atom is -0.351 e. The predicted octanol–water partition coefficient (Wildman–Crippen LogP) is 0.166. The van der Waals surface area contributed by atoms with Crippen molar-refractivity contribution in [1.29, 1.82) is 0 Å². The first kappa shape index (κ1) is 13.8. The molecule has 1 N–H and O–H groups in total. The molecule has 0 aromatic carbocycles. The first-order valence-corrected chi connectivity index (χ1v) is 8.59. The molecule has 0 bridgehead atoms. The summed E-state index contributed by atoms with van der Waals surface area (Å²) in [5, 5.41) is 2.84. The number of hydrogen-bond acceptors (Lipinski definition) is 4. The van der Waals surface area contributed by atoms with Crippen LogP contribution >= 0.6 is 0 Å². The van der Waals surface area contributed by atoms with Crippen molar-refractivity contribution in [2.75, 3.05) is 31.1 Å². The van der Waals surface area contributed by atoms with Gasteiger partial charge in [0.2, 0.25) is 5.91 Å². The molecule has 0 radical (unpaired) electrons. The predicted molar refractivity (Wildman–Crippen MR) is 70.1 cm³/mol. The van der Waals surface area contributed by atoms with Gasteiger partial charge in [-0.3, -0.25) is 9.69 Å². The van der Waals surface area contributed by atoms with E-state index in [2.05, 4.69) is 10.2 Å². The fourth-order valence-electron chi connectivity index (χ4n) is 2.68. The van der Waals surface area contributed by atoms with Gasteiger partial charge in [0.15, 0.2) is 9.84 Å². The zero-order valence-electron chi connectivity index (χ0n) is 10.7. The van der Waals surface area contributed by atoms with E-state index in [0.29, 0.717) is 13.0 Å². The molecule has 0 aliphatic carbocycles. The summed E-state index contributed by atoms with van der Waals surface area (Å²) in [7, 11) is -2.91. The highest BCUT2D eigenvalue weighted by molar-refractivity contribution is 7.91. The first-order valence-electron chi connectivity index (χ1n) is 6.77. The van der Waals surface area contributed by atoms with Crippen LogP contribution in [0.3, 0.4) is 0 Å². The maximum Gasteiger partial charge on any atom is 0.234 e. The molecule has 2 saturated heterocycles. The third kappa shape index (κ3) is 4.24. The van der Waals surface area contributed by atoms with Crippen molar-refractivity contribution in [2.45, 2.75) is 38.1 Å². The Bertz CT molecular complexity index is 386. The largest absolute Gasteiger partial charge is 0.351 e. The van der Waals surface area contributed by atoms with Gasteiger partial charge in [-0.2, -0.15) is 0 Å². The van der Waals surface area contributed by atoms with Crippen molar-refractivity contribution >= 4 is 15.7 Å². The number of nitrogens with zero attached hydrogens (tertiary/aromatic N) is 1. The van der Waals surface area contributed by atoms with E-state index in [1.807, 2.05) is 0 Å². The van der Waals surface area contributed by atoms with E-state index < -0.39 is 9.84 Å². The van der Waals surface area contributed by atoms with Crippen molar-refractivity contribution in [1.82, 2.24) is 10.2 Å². The molecular formula is C12H22N2O3S. The molecule has 2 aliphatic heterocycles. The van der Waals surface area contributed by atoms with Crippen LogP contribution < -0.4 is 5.32 Å². The van der Waals surface area contributed by atoms with Crippen LogP contribution in [0, 0.1) is 0 Å². The maximum atomic E-state index is 11.8. The topological polar surface area (TPSA) is 66.5 Å². The molecule has 1 amide bonds. The van der Waals surface area contributed by atoms with Crippen molar-refractivity contribution in [2.24, 2.45) is 0 Å². The van der Waals surface area contributed by atoms with Crippen LogP contribution in [0.4, 0.5) is 0 Å². The van der Waals surface area contributed by atoms with Gasteiger partial charge in [0, 0.05) is 6.04 Å². The number of sulfone groups is 1. The van der Waals surface area contributed by atoms with E-state index >= 15 is 0 Å².